The molecule has 1 aromatic heterocycles. The number of nitro groups is 1. The molecule has 0 unspecified atom stereocenters. The van der Waals surface area contributed by atoms with Gasteiger partial charge in [-0.2, -0.15) is 0 Å². The Hall–Kier alpha value is -1.47. The summed E-state index contributed by atoms with van der Waals surface area (Å²) in [6, 6.07) is 1.60. The van der Waals surface area contributed by atoms with Crippen molar-refractivity contribution >= 4 is 22.2 Å². The second-order valence-corrected chi connectivity index (χ2v) is 5.42. The summed E-state index contributed by atoms with van der Waals surface area (Å²) in [4.78, 5) is 23.5. The number of likely N-dealkylation sites (tertiary alicyclic amines) is 1. The minimum absolute atomic E-state index is 0.0904. The van der Waals surface area contributed by atoms with Crippen LogP contribution in [0.1, 0.15) is 18.4 Å². The smallest absolute Gasteiger partial charge is 0.324 e. The fourth-order valence-electron chi connectivity index (χ4n) is 2.23. The van der Waals surface area contributed by atoms with Gasteiger partial charge in [-0.3, -0.25) is 19.8 Å². The van der Waals surface area contributed by atoms with Gasteiger partial charge in [-0.05, 0) is 24.9 Å². The molecule has 2 N–H and O–H groups in total. The van der Waals surface area contributed by atoms with E-state index >= 15 is 0 Å². The van der Waals surface area contributed by atoms with E-state index in [1.54, 1.807) is 11.4 Å². The molecule has 6 nitrogen and oxygen atoms in total. The number of piperidine rings is 1. The van der Waals surface area contributed by atoms with Crippen molar-refractivity contribution in [3.8, 4) is 0 Å². The van der Waals surface area contributed by atoms with Crippen molar-refractivity contribution in [1.82, 2.24) is 4.90 Å². The number of nitrogens with two attached hydrogens (primary N) is 1. The SMILES string of the molecule is NC(=O)[C@@H]1CCCN(Cc2csc([N+](=O)[O-])c2)C1. The molecular weight excluding hydrogens is 254 g/mol. The van der Waals surface area contributed by atoms with Crippen molar-refractivity contribution in [3.63, 3.8) is 0 Å². The van der Waals surface area contributed by atoms with E-state index in [0.29, 0.717) is 13.1 Å². The minimum atomic E-state index is -0.378. The highest BCUT2D eigenvalue weighted by Gasteiger charge is 2.24. The Bertz CT molecular complexity index is 460. The Morgan fingerprint density at radius 1 is 1.67 bits per heavy atom. The average molecular weight is 269 g/mol. The second-order valence-electron chi connectivity index (χ2n) is 4.53. The van der Waals surface area contributed by atoms with E-state index in [9.17, 15) is 14.9 Å². The summed E-state index contributed by atoms with van der Waals surface area (Å²) in [6.45, 7) is 2.21. The standard InChI is InChI=1S/C11H15N3O3S/c12-11(15)9-2-1-3-13(6-9)5-8-4-10(14(16)17)18-7-8/h4,7,9H,1-3,5-6H2,(H2,12,15)/t9-/m1/s1. The Morgan fingerprint density at radius 3 is 3.06 bits per heavy atom. The predicted octanol–water partition coefficient (Wildman–Crippen LogP) is 1.35. The van der Waals surface area contributed by atoms with E-state index in [1.165, 1.54) is 0 Å². The molecular formula is C11H15N3O3S. The number of nitrogens with zero attached hydrogens (tertiary/aromatic N) is 2. The fraction of sp³-hybridized carbons (Fsp3) is 0.545. The van der Waals surface area contributed by atoms with Gasteiger partial charge in [0.2, 0.25) is 5.91 Å². The zero-order chi connectivity index (χ0) is 13.1. The lowest BCUT2D eigenvalue weighted by Gasteiger charge is -2.30. The van der Waals surface area contributed by atoms with Crippen LogP contribution in [-0.2, 0) is 11.3 Å². The Morgan fingerprint density at radius 2 is 2.44 bits per heavy atom. The summed E-state index contributed by atoms with van der Waals surface area (Å²) >= 11 is 1.14. The van der Waals surface area contributed by atoms with E-state index in [2.05, 4.69) is 4.90 Å². The number of rotatable bonds is 4. The van der Waals surface area contributed by atoms with Crippen molar-refractivity contribution in [2.45, 2.75) is 19.4 Å². The number of hydrogen-bond donors (Lipinski definition) is 1. The van der Waals surface area contributed by atoms with Gasteiger partial charge >= 0.3 is 5.00 Å². The van der Waals surface area contributed by atoms with Crippen molar-refractivity contribution in [2.75, 3.05) is 13.1 Å². The molecule has 18 heavy (non-hydrogen) atoms. The van der Waals surface area contributed by atoms with Gasteiger partial charge in [-0.25, -0.2) is 0 Å². The molecule has 98 valence electrons. The number of primary amides is 1. The van der Waals surface area contributed by atoms with E-state index in [-0.39, 0.29) is 21.7 Å². The number of carbonyl (C=O) groups is 1. The monoisotopic (exact) mass is 269 g/mol. The molecule has 0 spiro atoms. The van der Waals surface area contributed by atoms with Crippen LogP contribution in [0.3, 0.4) is 0 Å². The molecule has 0 aliphatic carbocycles. The van der Waals surface area contributed by atoms with Crippen molar-refractivity contribution in [1.29, 1.82) is 0 Å². The number of carbonyl (C=O) groups excluding carboxylic acids is 1. The normalized spacial score (nSPS) is 20.8. The lowest BCUT2D eigenvalue weighted by molar-refractivity contribution is -0.380. The third-order valence-corrected chi connectivity index (χ3v) is 4.06. The van der Waals surface area contributed by atoms with E-state index in [1.807, 2.05) is 0 Å². The molecule has 0 saturated carbocycles. The molecule has 1 saturated heterocycles. The Labute approximate surface area is 109 Å². The summed E-state index contributed by atoms with van der Waals surface area (Å²) in [5.41, 5.74) is 6.24. The molecule has 1 atom stereocenters. The third-order valence-electron chi connectivity index (χ3n) is 3.13. The number of amides is 1. The predicted molar refractivity (Wildman–Crippen MR) is 68.2 cm³/mol. The van der Waals surface area contributed by atoms with Gasteiger partial charge in [-0.1, -0.05) is 11.3 Å². The van der Waals surface area contributed by atoms with Gasteiger partial charge in [0, 0.05) is 24.5 Å². The number of hydrogen-bond acceptors (Lipinski definition) is 5. The second kappa shape index (κ2) is 5.45. The van der Waals surface area contributed by atoms with E-state index in [4.69, 9.17) is 5.73 Å². The van der Waals surface area contributed by atoms with Crippen molar-refractivity contribution in [2.24, 2.45) is 11.7 Å². The van der Waals surface area contributed by atoms with Crippen LogP contribution >= 0.6 is 11.3 Å². The van der Waals surface area contributed by atoms with Crippen LogP contribution < -0.4 is 5.73 Å². The van der Waals surface area contributed by atoms with Crippen LogP contribution in [0, 0.1) is 16.0 Å². The highest BCUT2D eigenvalue weighted by molar-refractivity contribution is 7.13. The molecule has 1 amide bonds. The lowest BCUT2D eigenvalue weighted by Crippen LogP contribution is -2.40. The van der Waals surface area contributed by atoms with E-state index < -0.39 is 0 Å². The highest BCUT2D eigenvalue weighted by atomic mass is 32.1. The quantitative estimate of drug-likeness (QED) is 0.660. The zero-order valence-corrected chi connectivity index (χ0v) is 10.7. The fourth-order valence-corrected chi connectivity index (χ4v) is 2.95. The van der Waals surface area contributed by atoms with E-state index in [0.717, 1.165) is 36.3 Å². The van der Waals surface area contributed by atoms with Gasteiger partial charge in [0.25, 0.3) is 0 Å². The average Bonchev–Trinajstić information content (AvgIpc) is 2.78. The summed E-state index contributed by atoms with van der Waals surface area (Å²) < 4.78 is 0. The molecule has 1 fully saturated rings. The first kappa shape index (κ1) is 13.0. The Balaban J connectivity index is 1.96. The van der Waals surface area contributed by atoms with Crippen molar-refractivity contribution < 1.29 is 9.72 Å². The van der Waals surface area contributed by atoms with Gasteiger partial charge < -0.3 is 5.73 Å². The number of thiophene rings is 1. The van der Waals surface area contributed by atoms with Gasteiger partial charge in [0.1, 0.15) is 0 Å². The highest BCUT2D eigenvalue weighted by Crippen LogP contribution is 2.25. The maximum atomic E-state index is 11.2. The molecule has 7 heteroatoms. The molecule has 2 heterocycles. The minimum Gasteiger partial charge on any atom is -0.369 e. The maximum Gasteiger partial charge on any atom is 0.324 e. The summed E-state index contributed by atoms with van der Waals surface area (Å²) in [6.07, 6.45) is 1.79. The van der Waals surface area contributed by atoms with Crippen LogP contribution in [0.15, 0.2) is 11.4 Å². The van der Waals surface area contributed by atoms with Gasteiger partial charge in [0.15, 0.2) is 0 Å². The molecule has 0 radical (unpaired) electrons. The molecule has 1 aliphatic rings. The van der Waals surface area contributed by atoms with Gasteiger partial charge in [-0.15, -0.1) is 0 Å². The van der Waals surface area contributed by atoms with Crippen molar-refractivity contribution in [3.05, 3.63) is 27.1 Å². The molecule has 1 aliphatic heterocycles. The molecule has 0 aromatic carbocycles. The first-order valence-corrected chi connectivity index (χ1v) is 6.67. The summed E-state index contributed by atoms with van der Waals surface area (Å²) in [7, 11) is 0. The largest absolute Gasteiger partial charge is 0.369 e. The lowest BCUT2D eigenvalue weighted by atomic mass is 9.97. The summed E-state index contributed by atoms with van der Waals surface area (Å²) in [5.74, 6) is -0.344. The molecule has 2 rings (SSSR count). The van der Waals surface area contributed by atoms with Crippen LogP contribution in [0.2, 0.25) is 0 Å². The van der Waals surface area contributed by atoms with Gasteiger partial charge in [0.05, 0.1) is 10.8 Å². The van der Waals surface area contributed by atoms with Crippen LogP contribution in [-0.4, -0.2) is 28.8 Å². The van der Waals surface area contributed by atoms with Crippen LogP contribution in [0.5, 0.6) is 0 Å². The molecule has 1 aromatic rings. The van der Waals surface area contributed by atoms with Crippen LogP contribution in [0.4, 0.5) is 5.00 Å². The topological polar surface area (TPSA) is 89.5 Å². The molecule has 0 bridgehead atoms. The zero-order valence-electron chi connectivity index (χ0n) is 9.87. The Kier molecular flexibility index (Phi) is 3.93. The maximum absolute atomic E-state index is 11.2. The third kappa shape index (κ3) is 3.05. The first-order chi connectivity index (χ1) is 8.56. The van der Waals surface area contributed by atoms with Crippen LogP contribution in [0.25, 0.3) is 0 Å². The first-order valence-electron chi connectivity index (χ1n) is 5.79. The summed E-state index contributed by atoms with van der Waals surface area (Å²) in [5, 5.41) is 12.5.